The quantitative estimate of drug-likeness (QED) is 0.139. The Kier molecular flexibility index (Phi) is 15.8. The molecule has 0 radical (unpaired) electrons. The van der Waals surface area contributed by atoms with Gasteiger partial charge >= 0.3 is 26.2 Å². The Labute approximate surface area is 280 Å². The second-order valence-electron chi connectivity index (χ2n) is 9.72. The molecule has 0 N–H and O–H groups in total. The fourth-order valence-corrected chi connectivity index (χ4v) is 10.5. The van der Waals surface area contributed by atoms with E-state index in [1.165, 1.54) is 80.7 Å². The number of halogens is 2. The normalized spacial score (nSPS) is 11.1. The van der Waals surface area contributed by atoms with Crippen molar-refractivity contribution in [2.24, 2.45) is 0 Å². The van der Waals surface area contributed by atoms with E-state index < -0.39 is 0 Å². The van der Waals surface area contributed by atoms with Crippen molar-refractivity contribution in [3.05, 3.63) is 121 Å². The van der Waals surface area contributed by atoms with Crippen LogP contribution in [0.3, 0.4) is 0 Å². The first-order valence-electron chi connectivity index (χ1n) is 13.9. The van der Waals surface area contributed by atoms with Crippen LogP contribution in [0.2, 0.25) is 0 Å². The molecule has 5 heteroatoms. The van der Waals surface area contributed by atoms with Gasteiger partial charge in [0, 0.05) is 0 Å². The van der Waals surface area contributed by atoms with Crippen molar-refractivity contribution in [2.75, 3.05) is 0 Å². The molecule has 210 valence electrons. The van der Waals surface area contributed by atoms with Gasteiger partial charge in [0.1, 0.15) is 0 Å². The van der Waals surface area contributed by atoms with Gasteiger partial charge in [0.2, 0.25) is 0 Å². The van der Waals surface area contributed by atoms with Crippen LogP contribution in [0.5, 0.6) is 0 Å². The predicted octanol–water partition coefficient (Wildman–Crippen LogP) is 13.0. The smallest absolute Gasteiger partial charge is 0.172 e. The molecule has 2 heterocycles. The largest absolute Gasteiger partial charge is 2.00 e. The van der Waals surface area contributed by atoms with Gasteiger partial charge in [-0.1, -0.05) is 144 Å². The Hall–Kier alpha value is -1.58. The third-order valence-corrected chi connectivity index (χ3v) is 12.3. The minimum atomic E-state index is -0.201. The summed E-state index contributed by atoms with van der Waals surface area (Å²) in [7, 11) is -0.402. The second-order valence-corrected chi connectivity index (χ2v) is 14.2. The van der Waals surface area contributed by atoms with Gasteiger partial charge in [-0.2, -0.15) is 15.1 Å². The van der Waals surface area contributed by atoms with Crippen LogP contribution in [0.15, 0.2) is 109 Å². The summed E-state index contributed by atoms with van der Waals surface area (Å²) in [6.07, 6.45) is 7.72. The zero-order valence-corrected chi connectivity index (χ0v) is 29.7. The van der Waals surface area contributed by atoms with Gasteiger partial charge in [-0.25, -0.2) is 0 Å². The molecule has 41 heavy (non-hydrogen) atoms. The second kappa shape index (κ2) is 18.2. The number of fused-ring (bicyclic) bond motifs is 2. The number of benzene rings is 4. The Bertz CT molecular complexity index is 1470. The van der Waals surface area contributed by atoms with Gasteiger partial charge in [0.05, 0.1) is 0 Å². The average molecular weight is 695 g/mol. The van der Waals surface area contributed by atoms with E-state index in [2.05, 4.69) is 135 Å². The summed E-state index contributed by atoms with van der Waals surface area (Å²) in [5.41, 5.74) is 2.70. The number of hydrogen-bond acceptors (Lipinski definition) is 0. The summed E-state index contributed by atoms with van der Waals surface area (Å²) >= 11 is 0. The van der Waals surface area contributed by atoms with Gasteiger partial charge in [-0.15, -0.1) is 72.0 Å². The number of hydrogen-bond donors (Lipinski definition) is 0. The molecule has 6 rings (SSSR count). The molecule has 2 atom stereocenters. The van der Waals surface area contributed by atoms with Gasteiger partial charge in [0.25, 0.3) is 0 Å². The fraction of sp³-hybridized carbons (Fsp3) is 0.222. The summed E-state index contributed by atoms with van der Waals surface area (Å²) in [5.74, 6) is 0. The molecule has 0 aliphatic rings. The monoisotopic (exact) mass is 692 g/mol. The maximum atomic E-state index is 3.66. The molecular weight excluding hydrogens is 656 g/mol. The van der Waals surface area contributed by atoms with Crippen LogP contribution in [0, 0.1) is 12.1 Å². The van der Waals surface area contributed by atoms with Crippen LogP contribution in [0.4, 0.5) is 0 Å². The minimum Gasteiger partial charge on any atom is -0.172 e. The Morgan fingerprint density at radius 1 is 0.488 bits per heavy atom. The number of unbranched alkanes of at least 4 members (excludes halogenated alkanes) is 2. The van der Waals surface area contributed by atoms with E-state index >= 15 is 0 Å². The van der Waals surface area contributed by atoms with E-state index in [9.17, 15) is 0 Å². The molecule has 0 amide bonds. The van der Waals surface area contributed by atoms with Crippen molar-refractivity contribution in [3.8, 4) is 21.7 Å². The molecule has 2 aromatic heterocycles. The molecule has 0 spiro atoms. The number of rotatable bonds is 8. The van der Waals surface area contributed by atoms with E-state index in [-0.39, 0.29) is 66.1 Å². The van der Waals surface area contributed by atoms with Crippen molar-refractivity contribution in [1.82, 2.24) is 0 Å². The van der Waals surface area contributed by atoms with Gasteiger partial charge in [-0.3, -0.25) is 0 Å². The molecule has 2 unspecified atom stereocenters. The van der Waals surface area contributed by atoms with E-state index in [1.54, 1.807) is 0 Å². The van der Waals surface area contributed by atoms with Gasteiger partial charge in [-0.05, 0) is 25.2 Å². The third kappa shape index (κ3) is 8.73. The van der Waals surface area contributed by atoms with Gasteiger partial charge < -0.3 is 0 Å². The first-order chi connectivity index (χ1) is 18.8. The molecule has 0 saturated carbocycles. The SMILES string of the molecule is CCCCp1c(-c2ccccc2)[c-]c2ccccc21.CCCCp1c(-c2ccccc2)[c-]c2ccccc21.Cl.Cl.[Zr+2]. The Balaban J connectivity index is 0.000000267. The molecular formula is C36H38Cl2P2Zr. The molecule has 0 bridgehead atoms. The fourth-order valence-electron chi connectivity index (χ4n) is 5.01. The van der Waals surface area contributed by atoms with Crippen LogP contribution in [-0.4, -0.2) is 0 Å². The van der Waals surface area contributed by atoms with Crippen molar-refractivity contribution < 1.29 is 26.2 Å². The molecule has 0 saturated heterocycles. The molecule has 0 aliphatic heterocycles. The molecule has 0 nitrogen and oxygen atoms in total. The average Bonchev–Trinajstić information content (AvgIpc) is 3.55. The molecule has 4 aromatic carbocycles. The third-order valence-electron chi connectivity index (χ3n) is 7.00. The van der Waals surface area contributed by atoms with E-state index in [4.69, 9.17) is 0 Å². The van der Waals surface area contributed by atoms with Crippen LogP contribution in [0.25, 0.3) is 42.7 Å². The maximum Gasteiger partial charge on any atom is 2.00 e. The molecule has 0 fully saturated rings. The molecule has 6 aromatic rings. The first-order valence-corrected chi connectivity index (χ1v) is 17.0. The van der Waals surface area contributed by atoms with Crippen molar-refractivity contribution >= 4 is 60.9 Å². The first kappa shape index (κ1) is 35.6. The summed E-state index contributed by atoms with van der Waals surface area (Å²) in [5, 5.41) is 8.53. The van der Waals surface area contributed by atoms with Crippen molar-refractivity contribution in [3.63, 3.8) is 0 Å². The number of aryl methyl sites for hydroxylation is 2. The predicted molar refractivity (Wildman–Crippen MR) is 186 cm³/mol. The van der Waals surface area contributed by atoms with Crippen molar-refractivity contribution in [1.29, 1.82) is 0 Å². The summed E-state index contributed by atoms with van der Waals surface area (Å²) in [4.78, 5) is 0. The minimum absolute atomic E-state index is 0. The van der Waals surface area contributed by atoms with E-state index in [1.807, 2.05) is 0 Å². The zero-order valence-electron chi connectivity index (χ0n) is 23.8. The van der Waals surface area contributed by atoms with Gasteiger partial charge in [0.15, 0.2) is 0 Å². The van der Waals surface area contributed by atoms with E-state index in [0.717, 1.165) is 0 Å². The van der Waals surface area contributed by atoms with Crippen molar-refractivity contribution in [2.45, 2.75) is 51.9 Å². The standard InChI is InChI=1S/2C18H18P.2ClH.Zr/c2*1-2-3-13-19-17-12-8-7-11-16(17)14-18(19)15-9-5-4-6-10-15;;;/h2*4-12H,2-3,13H2,1H3;2*1H;/q2*-1;;;+2. The van der Waals surface area contributed by atoms with Crippen LogP contribution < -0.4 is 0 Å². The maximum absolute atomic E-state index is 3.66. The summed E-state index contributed by atoms with van der Waals surface area (Å²) < 4.78 is 0. The zero-order chi connectivity index (χ0) is 26.2. The topological polar surface area (TPSA) is 0 Å². The van der Waals surface area contributed by atoms with Crippen LogP contribution in [-0.2, 0) is 38.5 Å². The summed E-state index contributed by atoms with van der Waals surface area (Å²) in [6, 6.07) is 46.4. The van der Waals surface area contributed by atoms with Crippen LogP contribution >= 0.6 is 39.9 Å². The Morgan fingerprint density at radius 3 is 1.20 bits per heavy atom. The van der Waals surface area contributed by atoms with E-state index in [0.29, 0.717) is 0 Å². The summed E-state index contributed by atoms with van der Waals surface area (Å²) in [6.45, 7) is 4.54. The Morgan fingerprint density at radius 2 is 0.829 bits per heavy atom. The van der Waals surface area contributed by atoms with Crippen LogP contribution in [0.1, 0.15) is 39.5 Å². The molecule has 0 aliphatic carbocycles.